The Hall–Kier alpha value is -0.860. The van der Waals surface area contributed by atoms with Crippen molar-refractivity contribution < 1.29 is 5.11 Å². The molecule has 1 aromatic carbocycles. The molecule has 3 N–H and O–H groups in total. The van der Waals surface area contributed by atoms with Crippen molar-refractivity contribution in [1.29, 1.82) is 0 Å². The standard InChI is InChI=1S/C17H27NO/c1-16(2,3)14-5-4-6-15(11-14)17(18)9-7-13(12-19)8-10-17/h4-6,11,13,19H,7-10,12,18H2,1-3H3. The SMILES string of the molecule is CC(C)(C)c1cccc(C2(N)CCC(CO)CC2)c1. The molecular formula is C17H27NO. The highest BCUT2D eigenvalue weighted by atomic mass is 16.3. The molecule has 0 spiro atoms. The molecule has 0 saturated heterocycles. The second kappa shape index (κ2) is 5.26. The number of nitrogens with two attached hydrogens (primary N) is 1. The average molecular weight is 261 g/mol. The summed E-state index contributed by atoms with van der Waals surface area (Å²) in [5.41, 5.74) is 9.19. The smallest absolute Gasteiger partial charge is 0.0459 e. The number of aliphatic hydroxyl groups excluding tert-OH is 1. The summed E-state index contributed by atoms with van der Waals surface area (Å²) in [6, 6.07) is 8.75. The first kappa shape index (κ1) is 14.5. The molecule has 1 aliphatic carbocycles. The Bertz CT molecular complexity index is 425. The molecule has 2 heteroatoms. The van der Waals surface area contributed by atoms with Crippen molar-refractivity contribution in [2.24, 2.45) is 11.7 Å². The van der Waals surface area contributed by atoms with Gasteiger partial charge >= 0.3 is 0 Å². The summed E-state index contributed by atoms with van der Waals surface area (Å²) in [5.74, 6) is 0.447. The maximum atomic E-state index is 9.24. The molecular weight excluding hydrogens is 234 g/mol. The van der Waals surface area contributed by atoms with E-state index in [-0.39, 0.29) is 11.0 Å². The fourth-order valence-electron chi connectivity index (χ4n) is 2.96. The maximum Gasteiger partial charge on any atom is 0.0459 e. The first-order chi connectivity index (χ1) is 8.85. The van der Waals surface area contributed by atoms with Gasteiger partial charge in [0, 0.05) is 12.1 Å². The van der Waals surface area contributed by atoms with Crippen LogP contribution in [0.2, 0.25) is 0 Å². The highest BCUT2D eigenvalue weighted by molar-refractivity contribution is 5.33. The fourth-order valence-corrected chi connectivity index (χ4v) is 2.96. The summed E-state index contributed by atoms with van der Waals surface area (Å²) in [7, 11) is 0. The number of aliphatic hydroxyl groups is 1. The van der Waals surface area contributed by atoms with Crippen LogP contribution in [0.15, 0.2) is 24.3 Å². The van der Waals surface area contributed by atoms with Crippen molar-refractivity contribution in [3.63, 3.8) is 0 Å². The molecule has 1 fully saturated rings. The van der Waals surface area contributed by atoms with Gasteiger partial charge in [-0.2, -0.15) is 0 Å². The summed E-state index contributed by atoms with van der Waals surface area (Å²) in [6.07, 6.45) is 4.02. The van der Waals surface area contributed by atoms with Crippen LogP contribution in [0.4, 0.5) is 0 Å². The van der Waals surface area contributed by atoms with Crippen molar-refractivity contribution >= 4 is 0 Å². The van der Waals surface area contributed by atoms with Crippen LogP contribution in [-0.2, 0) is 11.0 Å². The average Bonchev–Trinajstić information content (AvgIpc) is 2.39. The summed E-state index contributed by atoms with van der Waals surface area (Å²) >= 11 is 0. The molecule has 0 heterocycles. The lowest BCUT2D eigenvalue weighted by atomic mass is 9.72. The van der Waals surface area contributed by atoms with Gasteiger partial charge in [-0.3, -0.25) is 0 Å². The van der Waals surface area contributed by atoms with E-state index >= 15 is 0 Å². The molecule has 2 rings (SSSR count). The Morgan fingerprint density at radius 2 is 1.89 bits per heavy atom. The first-order valence-corrected chi connectivity index (χ1v) is 7.36. The maximum absolute atomic E-state index is 9.24. The molecule has 19 heavy (non-hydrogen) atoms. The van der Waals surface area contributed by atoms with Gasteiger partial charge < -0.3 is 10.8 Å². The van der Waals surface area contributed by atoms with Gasteiger partial charge in [-0.1, -0.05) is 45.0 Å². The lowest BCUT2D eigenvalue weighted by molar-refractivity contribution is 0.153. The van der Waals surface area contributed by atoms with Gasteiger partial charge in [0.2, 0.25) is 0 Å². The molecule has 0 radical (unpaired) electrons. The van der Waals surface area contributed by atoms with Crippen LogP contribution >= 0.6 is 0 Å². The monoisotopic (exact) mass is 261 g/mol. The molecule has 1 aromatic rings. The Labute approximate surface area is 117 Å². The molecule has 0 aromatic heterocycles. The minimum Gasteiger partial charge on any atom is -0.396 e. The van der Waals surface area contributed by atoms with E-state index in [0.717, 1.165) is 25.7 Å². The quantitative estimate of drug-likeness (QED) is 0.858. The number of benzene rings is 1. The molecule has 1 aliphatic rings. The third-order valence-corrected chi connectivity index (χ3v) is 4.56. The number of rotatable bonds is 2. The molecule has 0 aliphatic heterocycles. The summed E-state index contributed by atoms with van der Waals surface area (Å²) < 4.78 is 0. The van der Waals surface area contributed by atoms with E-state index in [9.17, 15) is 5.11 Å². The minimum absolute atomic E-state index is 0.161. The molecule has 106 valence electrons. The lowest BCUT2D eigenvalue weighted by Gasteiger charge is -2.37. The van der Waals surface area contributed by atoms with E-state index < -0.39 is 0 Å². The predicted octanol–water partition coefficient (Wildman–Crippen LogP) is 3.32. The highest BCUT2D eigenvalue weighted by Gasteiger charge is 2.33. The zero-order valence-electron chi connectivity index (χ0n) is 12.4. The van der Waals surface area contributed by atoms with E-state index in [0.29, 0.717) is 12.5 Å². The van der Waals surface area contributed by atoms with Crippen molar-refractivity contribution in [1.82, 2.24) is 0 Å². The second-order valence-electron chi connectivity index (χ2n) is 7.11. The van der Waals surface area contributed by atoms with Crippen LogP contribution in [-0.4, -0.2) is 11.7 Å². The normalized spacial score (nSPS) is 28.4. The zero-order valence-corrected chi connectivity index (χ0v) is 12.4. The van der Waals surface area contributed by atoms with E-state index in [4.69, 9.17) is 5.73 Å². The van der Waals surface area contributed by atoms with Gasteiger partial charge in [0.05, 0.1) is 0 Å². The lowest BCUT2D eigenvalue weighted by Crippen LogP contribution is -2.41. The third-order valence-electron chi connectivity index (χ3n) is 4.56. The Kier molecular flexibility index (Phi) is 4.03. The van der Waals surface area contributed by atoms with Gasteiger partial charge in [-0.05, 0) is 48.1 Å². The van der Waals surface area contributed by atoms with Crippen LogP contribution in [0.5, 0.6) is 0 Å². The van der Waals surface area contributed by atoms with E-state index in [1.165, 1.54) is 11.1 Å². The molecule has 0 bridgehead atoms. The molecule has 2 nitrogen and oxygen atoms in total. The Morgan fingerprint density at radius 1 is 1.26 bits per heavy atom. The van der Waals surface area contributed by atoms with Crippen molar-refractivity contribution in [3.8, 4) is 0 Å². The van der Waals surface area contributed by atoms with Crippen molar-refractivity contribution in [2.45, 2.75) is 57.4 Å². The van der Waals surface area contributed by atoms with Gasteiger partial charge in [0.15, 0.2) is 0 Å². The van der Waals surface area contributed by atoms with Crippen LogP contribution in [0.25, 0.3) is 0 Å². The van der Waals surface area contributed by atoms with Crippen LogP contribution in [0, 0.1) is 5.92 Å². The Morgan fingerprint density at radius 3 is 2.42 bits per heavy atom. The minimum atomic E-state index is -0.201. The highest BCUT2D eigenvalue weighted by Crippen LogP contribution is 2.38. The largest absolute Gasteiger partial charge is 0.396 e. The summed E-state index contributed by atoms with van der Waals surface area (Å²) in [4.78, 5) is 0. The molecule has 1 saturated carbocycles. The van der Waals surface area contributed by atoms with E-state index in [1.807, 2.05) is 0 Å². The van der Waals surface area contributed by atoms with Gasteiger partial charge in [-0.15, -0.1) is 0 Å². The second-order valence-corrected chi connectivity index (χ2v) is 7.11. The predicted molar refractivity (Wildman–Crippen MR) is 80.1 cm³/mol. The van der Waals surface area contributed by atoms with E-state index in [1.54, 1.807) is 0 Å². The van der Waals surface area contributed by atoms with Crippen LogP contribution in [0.1, 0.15) is 57.6 Å². The number of hydrogen-bond donors (Lipinski definition) is 2. The summed E-state index contributed by atoms with van der Waals surface area (Å²) in [6.45, 7) is 7.01. The first-order valence-electron chi connectivity index (χ1n) is 7.36. The van der Waals surface area contributed by atoms with Gasteiger partial charge in [-0.25, -0.2) is 0 Å². The molecule has 0 unspecified atom stereocenters. The zero-order chi connectivity index (χ0) is 14.1. The van der Waals surface area contributed by atoms with Crippen LogP contribution < -0.4 is 5.73 Å². The third kappa shape index (κ3) is 3.18. The fraction of sp³-hybridized carbons (Fsp3) is 0.647. The number of hydrogen-bond acceptors (Lipinski definition) is 2. The topological polar surface area (TPSA) is 46.2 Å². The summed E-state index contributed by atoms with van der Waals surface area (Å²) in [5, 5.41) is 9.24. The van der Waals surface area contributed by atoms with E-state index in [2.05, 4.69) is 45.0 Å². The van der Waals surface area contributed by atoms with Gasteiger partial charge in [0.25, 0.3) is 0 Å². The van der Waals surface area contributed by atoms with Crippen molar-refractivity contribution in [2.75, 3.05) is 6.61 Å². The van der Waals surface area contributed by atoms with Crippen molar-refractivity contribution in [3.05, 3.63) is 35.4 Å². The molecule has 0 amide bonds. The van der Waals surface area contributed by atoms with Gasteiger partial charge in [0.1, 0.15) is 0 Å². The van der Waals surface area contributed by atoms with Crippen LogP contribution in [0.3, 0.4) is 0 Å². The Balaban J connectivity index is 2.22. The molecule has 0 atom stereocenters.